The summed E-state index contributed by atoms with van der Waals surface area (Å²) in [5, 5.41) is 3.73. The first-order valence-electron chi connectivity index (χ1n) is 16.4. The number of hydrogen-bond acceptors (Lipinski definition) is 8. The van der Waals surface area contributed by atoms with Crippen molar-refractivity contribution in [2.24, 2.45) is 5.92 Å². The van der Waals surface area contributed by atoms with Crippen LogP contribution in [-0.2, 0) is 9.47 Å². The van der Waals surface area contributed by atoms with E-state index in [-0.39, 0.29) is 23.1 Å². The Morgan fingerprint density at radius 2 is 1.94 bits per heavy atom. The number of nitrogens with one attached hydrogen (secondary N) is 1. The van der Waals surface area contributed by atoms with Crippen LogP contribution in [0.5, 0.6) is 0 Å². The Hall–Kier alpha value is -4.64. The molecule has 48 heavy (non-hydrogen) atoms. The van der Waals surface area contributed by atoms with Crippen LogP contribution in [0.2, 0.25) is 0 Å². The lowest BCUT2D eigenvalue weighted by molar-refractivity contribution is 0.0112. The van der Waals surface area contributed by atoms with Gasteiger partial charge in [-0.25, -0.2) is 23.5 Å². The molecule has 3 aromatic heterocycles. The maximum Gasteiger partial charge on any atom is 0.410 e. The fourth-order valence-electron chi connectivity index (χ4n) is 6.12. The third-order valence-corrected chi connectivity index (χ3v) is 8.67. The molecule has 4 aromatic rings. The van der Waals surface area contributed by atoms with Gasteiger partial charge in [0.15, 0.2) is 0 Å². The second-order valence-electron chi connectivity index (χ2n) is 13.7. The van der Waals surface area contributed by atoms with E-state index in [0.29, 0.717) is 73.5 Å². The molecule has 2 aliphatic heterocycles. The predicted molar refractivity (Wildman–Crippen MR) is 184 cm³/mol. The summed E-state index contributed by atoms with van der Waals surface area (Å²) in [4.78, 5) is 30.7. The largest absolute Gasteiger partial charge is 0.444 e. The number of amides is 1. The first-order chi connectivity index (χ1) is 22.9. The number of benzene rings is 1. The van der Waals surface area contributed by atoms with Crippen molar-refractivity contribution in [3.05, 3.63) is 77.6 Å². The number of anilines is 3. The highest BCUT2D eigenvalue weighted by Crippen LogP contribution is 2.40. The summed E-state index contributed by atoms with van der Waals surface area (Å²) in [7, 11) is 0. The standard InChI is InChI=1S/C37H42F2N6O3/c1-22(2)31-21-45(15-16-47-31)32-19-29(26(20-41-32)24-10-13-44(14-11-24)36(46)48-37(4,5)6)42-35-23(3)34(28-9-7-8-12-40-28)43-30-18-25(38)17-27(39)33(30)35/h7-10,12,17-20,22,31H,11,13-16,21H2,1-6H3,(H,41,42,43). The zero-order valence-electron chi connectivity index (χ0n) is 28.3. The zero-order valence-corrected chi connectivity index (χ0v) is 28.3. The van der Waals surface area contributed by atoms with Crippen LogP contribution < -0.4 is 10.2 Å². The van der Waals surface area contributed by atoms with Crippen molar-refractivity contribution >= 4 is 39.8 Å². The average molecular weight is 657 g/mol. The molecule has 1 N–H and O–H groups in total. The molecule has 5 heterocycles. The molecular formula is C37H42F2N6O3. The highest BCUT2D eigenvalue weighted by molar-refractivity contribution is 5.99. The number of fused-ring (bicyclic) bond motifs is 1. The molecule has 0 saturated carbocycles. The minimum atomic E-state index is -0.718. The number of halogens is 2. The summed E-state index contributed by atoms with van der Waals surface area (Å²) in [6, 6.07) is 9.57. The molecule has 0 spiro atoms. The van der Waals surface area contributed by atoms with Gasteiger partial charge in [-0.3, -0.25) is 4.98 Å². The van der Waals surface area contributed by atoms with Crippen molar-refractivity contribution in [1.29, 1.82) is 0 Å². The molecule has 0 bridgehead atoms. The van der Waals surface area contributed by atoms with Crippen molar-refractivity contribution in [2.45, 2.75) is 59.7 Å². The van der Waals surface area contributed by atoms with E-state index < -0.39 is 17.2 Å². The van der Waals surface area contributed by atoms with Gasteiger partial charge in [0.25, 0.3) is 0 Å². The lowest BCUT2D eigenvalue weighted by atomic mass is 9.98. The first-order valence-corrected chi connectivity index (χ1v) is 16.4. The molecule has 1 atom stereocenters. The number of aromatic nitrogens is 3. The van der Waals surface area contributed by atoms with Crippen LogP contribution in [0.15, 0.2) is 54.9 Å². The Kier molecular flexibility index (Phi) is 9.33. The molecule has 2 aliphatic rings. The van der Waals surface area contributed by atoms with Gasteiger partial charge < -0.3 is 24.6 Å². The molecule has 252 valence electrons. The van der Waals surface area contributed by atoms with E-state index in [2.05, 4.69) is 34.0 Å². The number of rotatable bonds is 6. The van der Waals surface area contributed by atoms with Crippen LogP contribution in [0.3, 0.4) is 0 Å². The molecule has 1 unspecified atom stereocenters. The van der Waals surface area contributed by atoms with Crippen LogP contribution in [0.1, 0.15) is 52.2 Å². The maximum atomic E-state index is 15.7. The van der Waals surface area contributed by atoms with E-state index >= 15 is 4.39 Å². The van der Waals surface area contributed by atoms with Crippen molar-refractivity contribution in [3.8, 4) is 11.4 Å². The fourth-order valence-corrected chi connectivity index (χ4v) is 6.12. The van der Waals surface area contributed by atoms with Gasteiger partial charge in [0, 0.05) is 67.9 Å². The van der Waals surface area contributed by atoms with Gasteiger partial charge in [-0.1, -0.05) is 26.0 Å². The van der Waals surface area contributed by atoms with E-state index in [1.165, 1.54) is 6.07 Å². The summed E-state index contributed by atoms with van der Waals surface area (Å²) in [5.41, 5.74) is 4.33. The van der Waals surface area contributed by atoms with Gasteiger partial charge in [0.2, 0.25) is 0 Å². The molecule has 9 nitrogen and oxygen atoms in total. The Balaban J connectivity index is 1.46. The van der Waals surface area contributed by atoms with Crippen LogP contribution in [0.25, 0.3) is 27.9 Å². The first kappa shape index (κ1) is 33.3. The minimum absolute atomic E-state index is 0.0628. The van der Waals surface area contributed by atoms with Crippen LogP contribution in [-0.4, -0.2) is 70.4 Å². The lowest BCUT2D eigenvalue weighted by Crippen LogP contribution is -2.45. The normalized spacial score (nSPS) is 17.1. The third-order valence-electron chi connectivity index (χ3n) is 8.67. The Bertz CT molecular complexity index is 1860. The molecule has 1 aromatic carbocycles. The molecule has 1 fully saturated rings. The average Bonchev–Trinajstić information content (AvgIpc) is 3.05. The number of morpholine rings is 1. The predicted octanol–water partition coefficient (Wildman–Crippen LogP) is 7.91. The van der Waals surface area contributed by atoms with Crippen molar-refractivity contribution in [3.63, 3.8) is 0 Å². The van der Waals surface area contributed by atoms with Gasteiger partial charge >= 0.3 is 6.09 Å². The third kappa shape index (κ3) is 7.11. The highest BCUT2D eigenvalue weighted by Gasteiger charge is 2.28. The number of carbonyl (C=O) groups excluding carboxylic acids is 1. The monoisotopic (exact) mass is 656 g/mol. The molecule has 0 radical (unpaired) electrons. The van der Waals surface area contributed by atoms with E-state index in [1.807, 2.05) is 58.2 Å². The zero-order chi connectivity index (χ0) is 34.2. The van der Waals surface area contributed by atoms with Gasteiger partial charge in [-0.05, 0) is 57.7 Å². The SMILES string of the molecule is Cc1c(-c2ccccn2)nc2cc(F)cc(F)c2c1Nc1cc(N2CCOC(C(C)C)C2)ncc1C1=CCN(C(=O)OC(C)(C)C)CC1. The van der Waals surface area contributed by atoms with Crippen LogP contribution in [0, 0.1) is 24.5 Å². The van der Waals surface area contributed by atoms with Gasteiger partial charge in [0.05, 0.1) is 46.4 Å². The second kappa shape index (κ2) is 13.5. The molecule has 0 aliphatic carbocycles. The number of carbonyl (C=O) groups is 1. The molecule has 1 saturated heterocycles. The van der Waals surface area contributed by atoms with Gasteiger partial charge in [-0.15, -0.1) is 0 Å². The van der Waals surface area contributed by atoms with Crippen LogP contribution in [0.4, 0.5) is 30.8 Å². The summed E-state index contributed by atoms with van der Waals surface area (Å²) >= 11 is 0. The van der Waals surface area contributed by atoms with E-state index in [0.717, 1.165) is 23.0 Å². The van der Waals surface area contributed by atoms with Crippen LogP contribution >= 0.6 is 0 Å². The van der Waals surface area contributed by atoms with Crippen molar-refractivity contribution < 1.29 is 23.0 Å². The fraction of sp³-hybridized carbons (Fsp3) is 0.405. The molecule has 11 heteroatoms. The summed E-state index contributed by atoms with van der Waals surface area (Å²) in [6.45, 7) is 14.5. The van der Waals surface area contributed by atoms with E-state index in [4.69, 9.17) is 14.5 Å². The van der Waals surface area contributed by atoms with E-state index in [9.17, 15) is 9.18 Å². The lowest BCUT2D eigenvalue weighted by Gasteiger charge is -2.36. The highest BCUT2D eigenvalue weighted by atomic mass is 19.1. The van der Waals surface area contributed by atoms with E-state index in [1.54, 1.807) is 17.2 Å². The summed E-state index contributed by atoms with van der Waals surface area (Å²) in [5.74, 6) is -0.335. The number of pyridine rings is 3. The summed E-state index contributed by atoms with van der Waals surface area (Å²) < 4.78 is 41.8. The minimum Gasteiger partial charge on any atom is -0.444 e. The Labute approximate surface area is 280 Å². The maximum absolute atomic E-state index is 15.7. The topological polar surface area (TPSA) is 92.7 Å². The molecule has 6 rings (SSSR count). The molecule has 1 amide bonds. The Morgan fingerprint density at radius 3 is 2.62 bits per heavy atom. The summed E-state index contributed by atoms with van der Waals surface area (Å²) in [6.07, 6.45) is 5.77. The van der Waals surface area contributed by atoms with Gasteiger partial charge in [0.1, 0.15) is 23.1 Å². The smallest absolute Gasteiger partial charge is 0.410 e. The Morgan fingerprint density at radius 1 is 1.12 bits per heavy atom. The van der Waals surface area contributed by atoms with Gasteiger partial charge in [-0.2, -0.15) is 0 Å². The van der Waals surface area contributed by atoms with Crippen molar-refractivity contribution in [2.75, 3.05) is 43.0 Å². The second-order valence-corrected chi connectivity index (χ2v) is 13.7. The quantitative estimate of drug-likeness (QED) is 0.224. The number of nitrogens with zero attached hydrogens (tertiary/aromatic N) is 5. The number of ether oxygens (including phenoxy) is 2. The number of hydrogen-bond donors (Lipinski definition) is 1. The molecular weight excluding hydrogens is 614 g/mol. The van der Waals surface area contributed by atoms with Crippen molar-refractivity contribution in [1.82, 2.24) is 19.9 Å².